The van der Waals surface area contributed by atoms with E-state index in [1.54, 1.807) is 18.2 Å². The Hall–Kier alpha value is -2.17. The molecule has 0 bridgehead atoms. The van der Waals surface area contributed by atoms with Gasteiger partial charge in [0.2, 0.25) is 0 Å². The lowest BCUT2D eigenvalue weighted by molar-refractivity contribution is -0.0498. The predicted molar refractivity (Wildman–Crippen MR) is 74.4 cm³/mol. The summed E-state index contributed by atoms with van der Waals surface area (Å²) in [5.74, 6) is 0.234. The van der Waals surface area contributed by atoms with Gasteiger partial charge in [-0.15, -0.1) is 0 Å². The molecule has 2 aromatic rings. The molecule has 1 aromatic heterocycles. The van der Waals surface area contributed by atoms with Crippen molar-refractivity contribution in [3.8, 4) is 11.4 Å². The van der Waals surface area contributed by atoms with E-state index in [2.05, 4.69) is 4.74 Å². The third-order valence-electron chi connectivity index (χ3n) is 3.73. The minimum Gasteiger partial charge on any atom is -0.433 e. The highest BCUT2D eigenvalue weighted by Gasteiger charge is 2.24. The lowest BCUT2D eigenvalue weighted by Gasteiger charge is -2.18. The second-order valence-electron chi connectivity index (χ2n) is 5.10. The minimum atomic E-state index is -2.88. The second kappa shape index (κ2) is 5.31. The lowest BCUT2D eigenvalue weighted by Crippen LogP contribution is -2.14. The number of halogens is 2. The summed E-state index contributed by atoms with van der Waals surface area (Å²) in [5.41, 5.74) is 2.98. The Morgan fingerprint density at radius 1 is 1.24 bits per heavy atom. The zero-order valence-electron chi connectivity index (χ0n) is 11.6. The van der Waals surface area contributed by atoms with E-state index in [0.717, 1.165) is 24.2 Å². The largest absolute Gasteiger partial charge is 0.433 e. The third kappa shape index (κ3) is 2.44. The maximum Gasteiger partial charge on any atom is 0.387 e. The van der Waals surface area contributed by atoms with Crippen molar-refractivity contribution in [3.05, 3.63) is 47.3 Å². The van der Waals surface area contributed by atoms with Crippen LogP contribution in [0.25, 0.3) is 5.69 Å². The molecule has 0 radical (unpaired) electrons. The average Bonchev–Trinajstić information content (AvgIpc) is 2.77. The molecule has 21 heavy (non-hydrogen) atoms. The van der Waals surface area contributed by atoms with Crippen molar-refractivity contribution >= 4 is 5.78 Å². The van der Waals surface area contributed by atoms with Gasteiger partial charge >= 0.3 is 6.61 Å². The van der Waals surface area contributed by atoms with Crippen molar-refractivity contribution in [2.45, 2.75) is 32.8 Å². The van der Waals surface area contributed by atoms with Gasteiger partial charge in [-0.2, -0.15) is 8.78 Å². The lowest BCUT2D eigenvalue weighted by atomic mass is 9.96. The average molecular weight is 291 g/mol. The van der Waals surface area contributed by atoms with Gasteiger partial charge in [-0.05, 0) is 38.0 Å². The molecule has 0 fully saturated rings. The van der Waals surface area contributed by atoms with E-state index >= 15 is 0 Å². The maximum absolute atomic E-state index is 12.6. The second-order valence-corrected chi connectivity index (χ2v) is 5.10. The van der Waals surface area contributed by atoms with Crippen LogP contribution in [-0.2, 0) is 6.42 Å². The third-order valence-corrected chi connectivity index (χ3v) is 3.73. The van der Waals surface area contributed by atoms with Crippen LogP contribution in [0.4, 0.5) is 8.78 Å². The van der Waals surface area contributed by atoms with E-state index in [0.29, 0.717) is 17.7 Å². The van der Waals surface area contributed by atoms with Gasteiger partial charge in [0.05, 0.1) is 5.69 Å². The standard InChI is InChI=1S/C16H15F2NO2/c1-10-9-11-12(6-4-7-14(11)20)19(10)13-5-2-3-8-15(13)21-16(17)18/h2-3,5,8-9,16H,4,6-7H2,1H3. The van der Waals surface area contributed by atoms with Crippen LogP contribution in [0.1, 0.15) is 34.6 Å². The number of alkyl halides is 2. The highest BCUT2D eigenvalue weighted by molar-refractivity contribution is 5.98. The Morgan fingerprint density at radius 2 is 2.00 bits per heavy atom. The number of aryl methyl sites for hydroxylation is 1. The first-order valence-corrected chi connectivity index (χ1v) is 6.86. The molecule has 0 amide bonds. The monoisotopic (exact) mass is 291 g/mol. The van der Waals surface area contributed by atoms with Crippen LogP contribution in [0, 0.1) is 6.92 Å². The number of benzene rings is 1. The molecule has 1 aliphatic rings. The molecular weight excluding hydrogens is 276 g/mol. The number of nitrogens with zero attached hydrogens (tertiary/aromatic N) is 1. The van der Waals surface area contributed by atoms with Gasteiger partial charge < -0.3 is 9.30 Å². The summed E-state index contributed by atoms with van der Waals surface area (Å²) in [4.78, 5) is 12.0. The smallest absolute Gasteiger partial charge is 0.387 e. The fraction of sp³-hybridized carbons (Fsp3) is 0.312. The number of aromatic nitrogens is 1. The van der Waals surface area contributed by atoms with Gasteiger partial charge in [-0.3, -0.25) is 4.79 Å². The fourth-order valence-corrected chi connectivity index (χ4v) is 2.90. The quantitative estimate of drug-likeness (QED) is 0.858. The van der Waals surface area contributed by atoms with Crippen LogP contribution in [0.3, 0.4) is 0 Å². The number of ether oxygens (including phenoxy) is 1. The maximum atomic E-state index is 12.6. The summed E-state index contributed by atoms with van der Waals surface area (Å²) in [7, 11) is 0. The highest BCUT2D eigenvalue weighted by Crippen LogP contribution is 2.32. The molecule has 0 spiro atoms. The molecule has 0 aliphatic heterocycles. The van der Waals surface area contributed by atoms with Gasteiger partial charge in [0.25, 0.3) is 0 Å². The molecule has 0 unspecified atom stereocenters. The number of carbonyl (C=O) groups excluding carboxylic acids is 1. The zero-order chi connectivity index (χ0) is 15.0. The molecule has 3 nitrogen and oxygen atoms in total. The predicted octanol–water partition coefficient (Wildman–Crippen LogP) is 3.91. The Bertz CT molecular complexity index is 692. The molecule has 0 atom stereocenters. The molecule has 1 aromatic carbocycles. The van der Waals surface area contributed by atoms with E-state index in [9.17, 15) is 13.6 Å². The van der Waals surface area contributed by atoms with Gasteiger partial charge in [0.1, 0.15) is 5.75 Å². The Labute approximate surface area is 121 Å². The summed E-state index contributed by atoms with van der Waals surface area (Å²) in [6.07, 6.45) is 2.09. The van der Waals surface area contributed by atoms with Crippen molar-refractivity contribution in [1.29, 1.82) is 0 Å². The minimum absolute atomic E-state index is 0.116. The number of ketones is 1. The molecule has 0 N–H and O–H groups in total. The number of fused-ring (bicyclic) bond motifs is 1. The van der Waals surface area contributed by atoms with Crippen LogP contribution >= 0.6 is 0 Å². The van der Waals surface area contributed by atoms with Crippen LogP contribution in [0.2, 0.25) is 0 Å². The van der Waals surface area contributed by atoms with Crippen LogP contribution in [-0.4, -0.2) is 17.0 Å². The number of carbonyl (C=O) groups is 1. The van der Waals surface area contributed by atoms with Crippen molar-refractivity contribution in [2.24, 2.45) is 0 Å². The van der Waals surface area contributed by atoms with Crippen LogP contribution in [0.15, 0.2) is 30.3 Å². The Morgan fingerprint density at radius 3 is 2.76 bits per heavy atom. The molecular formula is C16H15F2NO2. The normalized spacial score (nSPS) is 14.4. The summed E-state index contributed by atoms with van der Waals surface area (Å²) in [6.45, 7) is -1.01. The van der Waals surface area contributed by atoms with Crippen molar-refractivity contribution < 1.29 is 18.3 Å². The number of rotatable bonds is 3. The number of hydrogen-bond donors (Lipinski definition) is 0. The van der Waals surface area contributed by atoms with Gasteiger partial charge in [-0.25, -0.2) is 0 Å². The summed E-state index contributed by atoms with van der Waals surface area (Å²) < 4.78 is 31.6. The van der Waals surface area contributed by atoms with Gasteiger partial charge in [0, 0.05) is 23.4 Å². The summed E-state index contributed by atoms with van der Waals surface area (Å²) in [5, 5.41) is 0. The number of hydrogen-bond acceptors (Lipinski definition) is 2. The van der Waals surface area contributed by atoms with Crippen molar-refractivity contribution in [3.63, 3.8) is 0 Å². The zero-order valence-corrected chi connectivity index (χ0v) is 11.6. The van der Waals surface area contributed by atoms with Gasteiger partial charge in [0.15, 0.2) is 5.78 Å². The van der Waals surface area contributed by atoms with E-state index in [-0.39, 0.29) is 11.5 Å². The molecule has 0 saturated carbocycles. The molecule has 1 aliphatic carbocycles. The first-order valence-electron chi connectivity index (χ1n) is 6.86. The molecule has 1 heterocycles. The fourth-order valence-electron chi connectivity index (χ4n) is 2.90. The summed E-state index contributed by atoms with van der Waals surface area (Å²) in [6, 6.07) is 8.49. The Kier molecular flexibility index (Phi) is 3.49. The number of Topliss-reactive ketones (excluding diaryl/α,β-unsaturated/α-hetero) is 1. The van der Waals surface area contributed by atoms with E-state index < -0.39 is 6.61 Å². The van der Waals surface area contributed by atoms with Gasteiger partial charge in [-0.1, -0.05) is 12.1 Å². The van der Waals surface area contributed by atoms with Crippen LogP contribution < -0.4 is 4.74 Å². The van der Waals surface area contributed by atoms with E-state index in [1.807, 2.05) is 17.6 Å². The van der Waals surface area contributed by atoms with E-state index in [1.165, 1.54) is 6.07 Å². The summed E-state index contributed by atoms with van der Waals surface area (Å²) >= 11 is 0. The first kappa shape index (κ1) is 13.8. The first-order chi connectivity index (χ1) is 10.1. The van der Waals surface area contributed by atoms with E-state index in [4.69, 9.17) is 0 Å². The molecule has 110 valence electrons. The van der Waals surface area contributed by atoms with Crippen molar-refractivity contribution in [2.75, 3.05) is 0 Å². The SMILES string of the molecule is Cc1cc2c(n1-c1ccccc1OC(F)F)CCCC2=O. The topological polar surface area (TPSA) is 31.2 Å². The Balaban J connectivity index is 2.16. The van der Waals surface area contributed by atoms with Crippen molar-refractivity contribution in [1.82, 2.24) is 4.57 Å². The van der Waals surface area contributed by atoms with Crippen LogP contribution in [0.5, 0.6) is 5.75 Å². The molecule has 0 saturated heterocycles. The molecule has 3 rings (SSSR count). The molecule has 5 heteroatoms. The highest BCUT2D eigenvalue weighted by atomic mass is 19.3. The number of para-hydroxylation sites is 2.